The second-order valence-electron chi connectivity index (χ2n) is 3.80. The fraction of sp³-hybridized carbons (Fsp3) is 1.00. The first kappa shape index (κ1) is 11.2. The Morgan fingerprint density at radius 3 is 2.77 bits per heavy atom. The number of hydrogen-bond acceptors (Lipinski definition) is 2. The first-order valence-corrected chi connectivity index (χ1v) is 6.58. The van der Waals surface area contributed by atoms with Gasteiger partial charge < -0.3 is 14.7 Å². The molecule has 0 saturated carbocycles. The van der Waals surface area contributed by atoms with Crippen LogP contribution in [0.15, 0.2) is 0 Å². The molecule has 0 radical (unpaired) electrons. The van der Waals surface area contributed by atoms with Gasteiger partial charge in [0.1, 0.15) is 0 Å². The van der Waals surface area contributed by atoms with Crippen molar-refractivity contribution in [3.63, 3.8) is 0 Å². The van der Waals surface area contributed by atoms with E-state index in [4.69, 9.17) is 9.79 Å². The van der Waals surface area contributed by atoms with Gasteiger partial charge in [0.15, 0.2) is 0 Å². The normalized spacial score (nSPS) is 25.3. The summed E-state index contributed by atoms with van der Waals surface area (Å²) in [5, 5.41) is 0. The highest BCUT2D eigenvalue weighted by molar-refractivity contribution is 7.51. The summed E-state index contributed by atoms with van der Waals surface area (Å²) < 4.78 is 10.7. The quantitative estimate of drug-likeness (QED) is 0.672. The molecule has 0 aromatic carbocycles. The third kappa shape index (κ3) is 4.23. The van der Waals surface area contributed by atoms with Crippen LogP contribution in [0.25, 0.3) is 0 Å². The summed E-state index contributed by atoms with van der Waals surface area (Å²) in [4.78, 5) is 19.9. The minimum Gasteiger partial charge on any atom is -0.324 e. The zero-order valence-corrected chi connectivity index (χ0v) is 8.91. The lowest BCUT2D eigenvalue weighted by Gasteiger charge is -2.14. The van der Waals surface area contributed by atoms with E-state index in [0.717, 1.165) is 32.5 Å². The van der Waals surface area contributed by atoms with E-state index in [1.165, 1.54) is 0 Å². The van der Waals surface area contributed by atoms with Gasteiger partial charge in [0.05, 0.1) is 6.16 Å². The Bertz CT molecular complexity index is 204. The number of hydrogen-bond donors (Lipinski definition) is 2. The second kappa shape index (κ2) is 4.56. The van der Waals surface area contributed by atoms with Crippen LogP contribution in [-0.4, -0.2) is 40.5 Å². The Labute approximate surface area is 79.1 Å². The lowest BCUT2D eigenvalue weighted by molar-refractivity contribution is 0.322. The molecule has 1 aliphatic heterocycles. The van der Waals surface area contributed by atoms with Gasteiger partial charge in [0.2, 0.25) is 0 Å². The standard InChI is InChI=1S/C8H18NO3P/c1-2-4-9-5-3-8(6-9)7-13(10,11)12/h8H,2-7H2,1H3,(H2,10,11,12). The van der Waals surface area contributed by atoms with Gasteiger partial charge in [0, 0.05) is 6.54 Å². The fourth-order valence-electron chi connectivity index (χ4n) is 1.92. The highest BCUT2D eigenvalue weighted by atomic mass is 31.2. The van der Waals surface area contributed by atoms with Crippen molar-refractivity contribution in [3.05, 3.63) is 0 Å². The Morgan fingerprint density at radius 2 is 2.23 bits per heavy atom. The van der Waals surface area contributed by atoms with E-state index < -0.39 is 7.60 Å². The summed E-state index contributed by atoms with van der Waals surface area (Å²) in [6.45, 7) is 5.03. The molecule has 78 valence electrons. The van der Waals surface area contributed by atoms with Crippen molar-refractivity contribution in [2.45, 2.75) is 19.8 Å². The molecule has 0 aromatic rings. The van der Waals surface area contributed by atoms with Gasteiger partial charge in [-0.2, -0.15) is 0 Å². The Hall–Kier alpha value is 0.110. The summed E-state index contributed by atoms with van der Waals surface area (Å²) in [6, 6.07) is 0. The van der Waals surface area contributed by atoms with E-state index >= 15 is 0 Å². The molecule has 0 aliphatic carbocycles. The predicted molar refractivity (Wildman–Crippen MR) is 51.7 cm³/mol. The summed E-state index contributed by atoms with van der Waals surface area (Å²) in [6.07, 6.45) is 2.11. The zero-order chi connectivity index (χ0) is 9.90. The maximum Gasteiger partial charge on any atom is 0.325 e. The van der Waals surface area contributed by atoms with Crippen molar-refractivity contribution < 1.29 is 14.4 Å². The van der Waals surface area contributed by atoms with Crippen molar-refractivity contribution in [1.82, 2.24) is 4.90 Å². The van der Waals surface area contributed by atoms with E-state index in [0.29, 0.717) is 0 Å². The Kier molecular flexibility index (Phi) is 3.92. The average Bonchev–Trinajstić information content (AvgIpc) is 2.33. The van der Waals surface area contributed by atoms with Crippen molar-refractivity contribution in [3.8, 4) is 0 Å². The van der Waals surface area contributed by atoms with Crippen LogP contribution in [0.5, 0.6) is 0 Å². The van der Waals surface area contributed by atoms with Crippen molar-refractivity contribution in [1.29, 1.82) is 0 Å². The Morgan fingerprint density at radius 1 is 1.54 bits per heavy atom. The summed E-state index contributed by atoms with van der Waals surface area (Å²) >= 11 is 0. The summed E-state index contributed by atoms with van der Waals surface area (Å²) in [7, 11) is -3.79. The second-order valence-corrected chi connectivity index (χ2v) is 5.50. The van der Waals surface area contributed by atoms with Gasteiger partial charge in [0.25, 0.3) is 0 Å². The van der Waals surface area contributed by atoms with Crippen LogP contribution in [0.3, 0.4) is 0 Å². The maximum absolute atomic E-state index is 10.7. The van der Waals surface area contributed by atoms with Crippen LogP contribution < -0.4 is 0 Å². The first-order valence-electron chi connectivity index (χ1n) is 4.78. The van der Waals surface area contributed by atoms with Gasteiger partial charge in [-0.05, 0) is 31.8 Å². The van der Waals surface area contributed by atoms with Gasteiger partial charge in [-0.25, -0.2) is 0 Å². The van der Waals surface area contributed by atoms with Crippen LogP contribution in [0, 0.1) is 5.92 Å². The van der Waals surface area contributed by atoms with Crippen LogP contribution in [0.4, 0.5) is 0 Å². The molecule has 0 aromatic heterocycles. The van der Waals surface area contributed by atoms with E-state index in [-0.39, 0.29) is 12.1 Å². The smallest absolute Gasteiger partial charge is 0.324 e. The SMILES string of the molecule is CCCN1CCC(CP(=O)(O)O)C1. The zero-order valence-electron chi connectivity index (χ0n) is 8.02. The van der Waals surface area contributed by atoms with E-state index in [2.05, 4.69) is 11.8 Å². The van der Waals surface area contributed by atoms with E-state index in [1.54, 1.807) is 0 Å². The van der Waals surface area contributed by atoms with Crippen molar-refractivity contribution >= 4 is 7.60 Å². The minimum atomic E-state index is -3.79. The molecule has 2 N–H and O–H groups in total. The van der Waals surface area contributed by atoms with Crippen molar-refractivity contribution in [2.24, 2.45) is 5.92 Å². The maximum atomic E-state index is 10.7. The molecule has 1 saturated heterocycles. The molecule has 0 amide bonds. The molecule has 1 heterocycles. The highest BCUT2D eigenvalue weighted by Gasteiger charge is 2.27. The molecular formula is C8H18NO3P. The predicted octanol–water partition coefficient (Wildman–Crippen LogP) is 0.896. The monoisotopic (exact) mass is 207 g/mol. The third-order valence-corrected chi connectivity index (χ3v) is 3.40. The molecule has 4 nitrogen and oxygen atoms in total. The topological polar surface area (TPSA) is 60.8 Å². The molecule has 1 aliphatic rings. The van der Waals surface area contributed by atoms with Crippen LogP contribution >= 0.6 is 7.60 Å². The molecule has 1 unspecified atom stereocenters. The molecular weight excluding hydrogens is 189 g/mol. The van der Waals surface area contributed by atoms with Gasteiger partial charge in [-0.15, -0.1) is 0 Å². The van der Waals surface area contributed by atoms with Gasteiger partial charge in [-0.1, -0.05) is 6.92 Å². The average molecular weight is 207 g/mol. The molecule has 0 spiro atoms. The van der Waals surface area contributed by atoms with Gasteiger partial charge >= 0.3 is 7.60 Å². The van der Waals surface area contributed by atoms with Crippen molar-refractivity contribution in [2.75, 3.05) is 25.8 Å². The molecule has 1 atom stereocenters. The summed E-state index contributed by atoms with van der Waals surface area (Å²) in [5.41, 5.74) is 0. The van der Waals surface area contributed by atoms with Crippen LogP contribution in [-0.2, 0) is 4.57 Å². The summed E-state index contributed by atoms with van der Waals surface area (Å²) in [5.74, 6) is 0.201. The lowest BCUT2D eigenvalue weighted by atomic mass is 10.2. The Balaban J connectivity index is 2.29. The van der Waals surface area contributed by atoms with Crippen LogP contribution in [0.2, 0.25) is 0 Å². The molecule has 13 heavy (non-hydrogen) atoms. The van der Waals surface area contributed by atoms with Crippen LogP contribution in [0.1, 0.15) is 19.8 Å². The highest BCUT2D eigenvalue weighted by Crippen LogP contribution is 2.39. The van der Waals surface area contributed by atoms with E-state index in [1.807, 2.05) is 0 Å². The molecule has 0 bridgehead atoms. The molecule has 1 fully saturated rings. The first-order chi connectivity index (χ1) is 6.01. The molecule has 1 rings (SSSR count). The minimum absolute atomic E-state index is 0.0627. The van der Waals surface area contributed by atoms with Gasteiger partial charge in [-0.3, -0.25) is 4.57 Å². The van der Waals surface area contributed by atoms with E-state index in [9.17, 15) is 4.57 Å². The largest absolute Gasteiger partial charge is 0.325 e. The third-order valence-electron chi connectivity index (χ3n) is 2.41. The number of nitrogens with zero attached hydrogens (tertiary/aromatic N) is 1. The lowest BCUT2D eigenvalue weighted by Crippen LogP contribution is -2.22. The molecule has 5 heteroatoms. The fourth-order valence-corrected chi connectivity index (χ4v) is 2.89. The number of rotatable bonds is 4. The number of likely N-dealkylation sites (tertiary alicyclic amines) is 1.